The van der Waals surface area contributed by atoms with E-state index < -0.39 is 18.5 Å². The second-order valence-electron chi connectivity index (χ2n) is 7.22. The molecule has 0 radical (unpaired) electrons. The van der Waals surface area contributed by atoms with Gasteiger partial charge in [-0.3, -0.25) is 9.59 Å². The number of esters is 1. The molecule has 1 N–H and O–H groups in total. The van der Waals surface area contributed by atoms with Crippen molar-refractivity contribution >= 4 is 44.3 Å². The molecule has 0 saturated heterocycles. The molecule has 0 atom stereocenters. The topological polar surface area (TPSA) is 90.3 Å². The smallest absolute Gasteiger partial charge is 0.359 e. The van der Waals surface area contributed by atoms with Gasteiger partial charge in [0.15, 0.2) is 12.3 Å². The first-order valence-corrected chi connectivity index (χ1v) is 10.9. The van der Waals surface area contributed by atoms with E-state index in [0.29, 0.717) is 23.0 Å². The van der Waals surface area contributed by atoms with E-state index in [-0.39, 0.29) is 11.3 Å². The highest BCUT2D eigenvalue weighted by Crippen LogP contribution is 2.20. The first-order valence-electron chi connectivity index (χ1n) is 10.1. The maximum absolute atomic E-state index is 12.7. The molecule has 0 aliphatic carbocycles. The molecule has 3 aromatic rings. The summed E-state index contributed by atoms with van der Waals surface area (Å²) in [6.45, 7) is 3.94. The maximum Gasteiger partial charge on any atom is 0.359 e. The largest absolute Gasteiger partial charge is 0.451 e. The average molecular weight is 486 g/mol. The predicted molar refractivity (Wildman–Crippen MR) is 123 cm³/mol. The molecule has 31 heavy (non-hydrogen) atoms. The first-order chi connectivity index (χ1) is 14.9. The van der Waals surface area contributed by atoms with E-state index >= 15 is 0 Å². The van der Waals surface area contributed by atoms with Crippen molar-refractivity contribution in [3.05, 3.63) is 68.5 Å². The second kappa shape index (κ2) is 10.3. The number of unbranched alkanes of at least 4 members (excludes halogenated alkanes) is 2. The number of carbonyl (C=O) groups excluding carboxylic acids is 2. The van der Waals surface area contributed by atoms with Crippen molar-refractivity contribution < 1.29 is 14.3 Å². The van der Waals surface area contributed by atoms with Crippen LogP contribution in [-0.2, 0) is 16.1 Å². The second-order valence-corrected chi connectivity index (χ2v) is 8.07. The van der Waals surface area contributed by atoms with Gasteiger partial charge < -0.3 is 10.1 Å². The average Bonchev–Trinajstić information content (AvgIpc) is 2.76. The Balaban J connectivity index is 1.76. The first kappa shape index (κ1) is 22.7. The molecule has 7 nitrogen and oxygen atoms in total. The highest BCUT2D eigenvalue weighted by atomic mass is 79.9. The van der Waals surface area contributed by atoms with Gasteiger partial charge in [-0.15, -0.1) is 0 Å². The normalized spacial score (nSPS) is 10.8. The van der Waals surface area contributed by atoms with Crippen LogP contribution < -0.4 is 10.9 Å². The summed E-state index contributed by atoms with van der Waals surface area (Å²) in [7, 11) is 0. The van der Waals surface area contributed by atoms with E-state index in [1.165, 1.54) is 4.68 Å². The number of halogens is 1. The Labute approximate surface area is 188 Å². The number of anilines is 1. The van der Waals surface area contributed by atoms with Crippen molar-refractivity contribution in [3.63, 3.8) is 0 Å². The van der Waals surface area contributed by atoms with Gasteiger partial charge in [0.05, 0.1) is 5.39 Å². The minimum atomic E-state index is -0.748. The lowest BCUT2D eigenvalue weighted by atomic mass is 10.1. The fourth-order valence-electron chi connectivity index (χ4n) is 3.17. The van der Waals surface area contributed by atoms with E-state index in [9.17, 15) is 14.4 Å². The molecule has 2 aromatic carbocycles. The molecule has 3 rings (SSSR count). The van der Waals surface area contributed by atoms with Gasteiger partial charge in [0.1, 0.15) is 0 Å². The Hall–Kier alpha value is -3.00. The third-order valence-electron chi connectivity index (χ3n) is 4.81. The van der Waals surface area contributed by atoms with Crippen molar-refractivity contribution in [1.29, 1.82) is 0 Å². The molecule has 0 aliphatic heterocycles. The Morgan fingerprint density at radius 3 is 2.58 bits per heavy atom. The lowest BCUT2D eigenvalue weighted by molar-refractivity contribution is -0.119. The summed E-state index contributed by atoms with van der Waals surface area (Å²) in [4.78, 5) is 37.6. The Morgan fingerprint density at radius 2 is 1.87 bits per heavy atom. The van der Waals surface area contributed by atoms with Crippen LogP contribution in [0.4, 0.5) is 5.69 Å². The van der Waals surface area contributed by atoms with Gasteiger partial charge in [0, 0.05) is 22.1 Å². The zero-order chi connectivity index (χ0) is 22.4. The molecule has 0 aliphatic rings. The van der Waals surface area contributed by atoms with Gasteiger partial charge in [-0.1, -0.05) is 53.9 Å². The fraction of sp³-hybridized carbons (Fsp3) is 0.304. The van der Waals surface area contributed by atoms with E-state index in [2.05, 4.69) is 33.3 Å². The predicted octanol–water partition coefficient (Wildman–Crippen LogP) is 4.45. The molecule has 1 aromatic heterocycles. The third-order valence-corrected chi connectivity index (χ3v) is 5.70. The van der Waals surface area contributed by atoms with Crippen LogP contribution in [0.3, 0.4) is 0 Å². The van der Waals surface area contributed by atoms with E-state index in [1.54, 1.807) is 30.3 Å². The Bertz CT molecular complexity index is 1170. The van der Waals surface area contributed by atoms with Crippen LogP contribution in [0.15, 0.2) is 51.7 Å². The number of aryl methyl sites for hydroxylation is 2. The fourth-order valence-corrected chi connectivity index (χ4v) is 3.41. The Kier molecular flexibility index (Phi) is 7.57. The quantitative estimate of drug-likeness (QED) is 0.375. The maximum atomic E-state index is 12.7. The third kappa shape index (κ3) is 5.58. The highest BCUT2D eigenvalue weighted by Gasteiger charge is 2.19. The van der Waals surface area contributed by atoms with Crippen LogP contribution in [0.5, 0.6) is 0 Å². The van der Waals surface area contributed by atoms with Gasteiger partial charge in [-0.2, -0.15) is 5.10 Å². The molecule has 8 heteroatoms. The van der Waals surface area contributed by atoms with Crippen LogP contribution >= 0.6 is 15.9 Å². The number of benzene rings is 2. The number of amides is 1. The number of ether oxygens (including phenoxy) is 1. The van der Waals surface area contributed by atoms with E-state index in [0.717, 1.165) is 29.3 Å². The summed E-state index contributed by atoms with van der Waals surface area (Å²) < 4.78 is 7.45. The summed E-state index contributed by atoms with van der Waals surface area (Å²) in [6.07, 6.45) is 2.74. The standard InChI is InChI=1S/C23H24BrN3O4/c1-3-4-7-12-27-22(29)18-9-6-5-8-17(18)21(26-27)23(30)31-14-20(28)25-16-10-11-19(24)15(2)13-16/h5-6,8-11,13H,3-4,7,12,14H2,1-2H3,(H,25,28). The number of nitrogens with one attached hydrogen (secondary N) is 1. The van der Waals surface area contributed by atoms with Crippen molar-refractivity contribution in [2.45, 2.75) is 39.7 Å². The summed E-state index contributed by atoms with van der Waals surface area (Å²) in [5.41, 5.74) is 1.36. The van der Waals surface area contributed by atoms with Crippen molar-refractivity contribution in [2.24, 2.45) is 0 Å². The summed E-state index contributed by atoms with van der Waals surface area (Å²) >= 11 is 3.41. The van der Waals surface area contributed by atoms with Crippen molar-refractivity contribution in [2.75, 3.05) is 11.9 Å². The molecule has 1 heterocycles. The van der Waals surface area contributed by atoms with Gasteiger partial charge in [-0.25, -0.2) is 9.48 Å². The Morgan fingerprint density at radius 1 is 1.13 bits per heavy atom. The van der Waals surface area contributed by atoms with Gasteiger partial charge >= 0.3 is 5.97 Å². The minimum Gasteiger partial charge on any atom is -0.451 e. The van der Waals surface area contributed by atoms with Crippen LogP contribution in [0, 0.1) is 6.92 Å². The number of aromatic nitrogens is 2. The zero-order valence-corrected chi connectivity index (χ0v) is 19.1. The van der Waals surface area contributed by atoms with Gasteiger partial charge in [-0.05, 0) is 43.2 Å². The van der Waals surface area contributed by atoms with Crippen molar-refractivity contribution in [3.8, 4) is 0 Å². The van der Waals surface area contributed by atoms with Crippen LogP contribution in [0.2, 0.25) is 0 Å². The number of nitrogens with zero attached hydrogens (tertiary/aromatic N) is 2. The molecule has 0 saturated carbocycles. The van der Waals surface area contributed by atoms with Gasteiger partial charge in [0.25, 0.3) is 11.5 Å². The monoisotopic (exact) mass is 485 g/mol. The summed E-state index contributed by atoms with van der Waals surface area (Å²) in [6, 6.07) is 12.2. The number of carbonyl (C=O) groups is 2. The van der Waals surface area contributed by atoms with Gasteiger partial charge in [0.2, 0.25) is 0 Å². The number of hydrogen-bond acceptors (Lipinski definition) is 5. The van der Waals surface area contributed by atoms with E-state index in [1.807, 2.05) is 19.1 Å². The van der Waals surface area contributed by atoms with E-state index in [4.69, 9.17) is 4.74 Å². The lowest BCUT2D eigenvalue weighted by Gasteiger charge is -2.11. The van der Waals surface area contributed by atoms with Crippen LogP contribution in [0.1, 0.15) is 42.2 Å². The molecule has 162 valence electrons. The SMILES string of the molecule is CCCCCn1nc(C(=O)OCC(=O)Nc2ccc(Br)c(C)c2)c2ccccc2c1=O. The highest BCUT2D eigenvalue weighted by molar-refractivity contribution is 9.10. The molecule has 0 spiro atoms. The summed E-state index contributed by atoms with van der Waals surface area (Å²) in [5, 5.41) is 7.75. The minimum absolute atomic E-state index is 0.0268. The summed E-state index contributed by atoms with van der Waals surface area (Å²) in [5.74, 6) is -1.21. The molecular formula is C23H24BrN3O4. The van der Waals surface area contributed by atoms with Crippen molar-refractivity contribution in [1.82, 2.24) is 9.78 Å². The molecule has 1 amide bonds. The molecule has 0 unspecified atom stereocenters. The molecular weight excluding hydrogens is 462 g/mol. The molecule has 0 fully saturated rings. The van der Waals surface area contributed by atoms with Crippen LogP contribution in [-0.4, -0.2) is 28.3 Å². The molecule has 0 bridgehead atoms. The number of fused-ring (bicyclic) bond motifs is 1. The number of rotatable bonds is 8. The van der Waals surface area contributed by atoms with Crippen LogP contribution in [0.25, 0.3) is 10.8 Å². The number of hydrogen-bond donors (Lipinski definition) is 1. The zero-order valence-electron chi connectivity index (χ0n) is 17.5. The lowest BCUT2D eigenvalue weighted by Crippen LogP contribution is -2.28.